The Kier molecular flexibility index (Phi) is 3.50. The largest absolute Gasteiger partial charge is 0.378 e. The van der Waals surface area contributed by atoms with Gasteiger partial charge >= 0.3 is 0 Å². The standard InChI is InChI=1S/C8H6BrClN4S/c9-7-1-5(2-12-8(7)10)11-3-6-4-15-14-13-6/h1-2,4,11H,3H2. The lowest BCUT2D eigenvalue weighted by atomic mass is 10.4. The summed E-state index contributed by atoms with van der Waals surface area (Å²) in [5, 5.41) is 9.44. The lowest BCUT2D eigenvalue weighted by molar-refractivity contribution is 0.996. The third kappa shape index (κ3) is 2.87. The van der Waals surface area contributed by atoms with Crippen LogP contribution in [-0.2, 0) is 6.54 Å². The predicted octanol–water partition coefficient (Wildman–Crippen LogP) is 2.96. The van der Waals surface area contributed by atoms with E-state index in [2.05, 4.69) is 35.8 Å². The maximum atomic E-state index is 5.77. The first-order chi connectivity index (χ1) is 7.25. The molecule has 2 heterocycles. The van der Waals surface area contributed by atoms with Gasteiger partial charge < -0.3 is 5.32 Å². The number of nitrogens with one attached hydrogen (secondary N) is 1. The van der Waals surface area contributed by atoms with Crippen molar-refractivity contribution in [3.63, 3.8) is 0 Å². The molecule has 0 aromatic carbocycles. The molecule has 0 atom stereocenters. The summed E-state index contributed by atoms with van der Waals surface area (Å²) in [5.41, 5.74) is 1.80. The average Bonchev–Trinajstić information content (AvgIpc) is 2.73. The monoisotopic (exact) mass is 304 g/mol. The summed E-state index contributed by atoms with van der Waals surface area (Å²) in [5.74, 6) is 0. The third-order valence-corrected chi connectivity index (χ3v) is 3.36. The van der Waals surface area contributed by atoms with Crippen molar-refractivity contribution in [2.45, 2.75) is 6.54 Å². The van der Waals surface area contributed by atoms with Gasteiger partial charge in [0.15, 0.2) is 0 Å². The average molecular weight is 306 g/mol. The number of hydrogen-bond acceptors (Lipinski definition) is 5. The molecular weight excluding hydrogens is 300 g/mol. The first kappa shape index (κ1) is 10.8. The molecule has 78 valence electrons. The fraction of sp³-hybridized carbons (Fsp3) is 0.125. The molecule has 0 amide bonds. The van der Waals surface area contributed by atoms with Crippen molar-refractivity contribution in [1.82, 2.24) is 14.6 Å². The molecule has 4 nitrogen and oxygen atoms in total. The zero-order chi connectivity index (χ0) is 10.7. The minimum Gasteiger partial charge on any atom is -0.378 e. The van der Waals surface area contributed by atoms with Crippen LogP contribution in [0.5, 0.6) is 0 Å². The molecule has 2 aromatic rings. The molecule has 7 heteroatoms. The number of aromatic nitrogens is 3. The zero-order valence-corrected chi connectivity index (χ0v) is 10.6. The molecule has 0 fully saturated rings. The van der Waals surface area contributed by atoms with Crippen LogP contribution < -0.4 is 5.32 Å². The van der Waals surface area contributed by atoms with Gasteiger partial charge in [-0.05, 0) is 33.5 Å². The fourth-order valence-corrected chi connectivity index (χ4v) is 1.88. The van der Waals surface area contributed by atoms with Gasteiger partial charge in [-0.15, -0.1) is 5.10 Å². The van der Waals surface area contributed by atoms with Crippen molar-refractivity contribution in [2.24, 2.45) is 0 Å². The van der Waals surface area contributed by atoms with Gasteiger partial charge in [0.05, 0.1) is 28.6 Å². The van der Waals surface area contributed by atoms with E-state index < -0.39 is 0 Å². The molecule has 2 aromatic heterocycles. The van der Waals surface area contributed by atoms with Gasteiger partial charge in [0.2, 0.25) is 0 Å². The Morgan fingerprint density at radius 2 is 2.40 bits per heavy atom. The summed E-state index contributed by atoms with van der Waals surface area (Å²) in [6.07, 6.45) is 1.67. The highest BCUT2D eigenvalue weighted by Gasteiger charge is 2.01. The molecule has 0 aliphatic rings. The molecule has 15 heavy (non-hydrogen) atoms. The second-order valence-corrected chi connectivity index (χ2v) is 4.57. The Morgan fingerprint density at radius 3 is 3.07 bits per heavy atom. The number of hydrogen-bond donors (Lipinski definition) is 1. The van der Waals surface area contributed by atoms with Gasteiger partial charge in [-0.3, -0.25) is 0 Å². The van der Waals surface area contributed by atoms with E-state index >= 15 is 0 Å². The molecule has 0 bridgehead atoms. The number of pyridine rings is 1. The predicted molar refractivity (Wildman–Crippen MR) is 64.2 cm³/mol. The van der Waals surface area contributed by atoms with E-state index in [-0.39, 0.29) is 0 Å². The van der Waals surface area contributed by atoms with E-state index in [0.717, 1.165) is 15.9 Å². The summed E-state index contributed by atoms with van der Waals surface area (Å²) in [6, 6.07) is 1.87. The van der Waals surface area contributed by atoms with Gasteiger partial charge in [-0.1, -0.05) is 16.1 Å². The second-order valence-electron chi connectivity index (χ2n) is 2.75. The second kappa shape index (κ2) is 4.87. The van der Waals surface area contributed by atoms with Crippen LogP contribution in [0.1, 0.15) is 5.69 Å². The maximum absolute atomic E-state index is 5.77. The van der Waals surface area contributed by atoms with Crippen molar-refractivity contribution >= 4 is 44.8 Å². The highest BCUT2D eigenvalue weighted by molar-refractivity contribution is 9.10. The van der Waals surface area contributed by atoms with Crippen LogP contribution in [0.4, 0.5) is 5.69 Å². The fourth-order valence-electron chi connectivity index (χ4n) is 0.972. The Labute approximate surface area is 104 Å². The Morgan fingerprint density at radius 1 is 1.53 bits per heavy atom. The number of halogens is 2. The van der Waals surface area contributed by atoms with Crippen LogP contribution in [0, 0.1) is 0 Å². The minimum absolute atomic E-state index is 0.455. The van der Waals surface area contributed by atoms with E-state index in [1.165, 1.54) is 11.5 Å². The van der Waals surface area contributed by atoms with Crippen molar-refractivity contribution < 1.29 is 0 Å². The van der Waals surface area contributed by atoms with Gasteiger partial charge in [0.1, 0.15) is 5.15 Å². The van der Waals surface area contributed by atoms with Crippen LogP contribution in [0.3, 0.4) is 0 Å². The summed E-state index contributed by atoms with van der Waals surface area (Å²) < 4.78 is 4.54. The highest BCUT2D eigenvalue weighted by Crippen LogP contribution is 2.22. The van der Waals surface area contributed by atoms with Crippen molar-refractivity contribution in [1.29, 1.82) is 0 Å². The Bertz CT molecular complexity index is 448. The molecule has 0 unspecified atom stereocenters. The maximum Gasteiger partial charge on any atom is 0.143 e. The quantitative estimate of drug-likeness (QED) is 0.886. The van der Waals surface area contributed by atoms with E-state index in [4.69, 9.17) is 11.6 Å². The van der Waals surface area contributed by atoms with Crippen LogP contribution in [0.2, 0.25) is 5.15 Å². The van der Waals surface area contributed by atoms with E-state index in [1.54, 1.807) is 6.20 Å². The minimum atomic E-state index is 0.455. The van der Waals surface area contributed by atoms with Crippen LogP contribution >= 0.6 is 39.1 Å². The van der Waals surface area contributed by atoms with E-state index in [0.29, 0.717) is 11.7 Å². The normalized spacial score (nSPS) is 10.3. The SMILES string of the molecule is Clc1ncc(NCc2csnn2)cc1Br. The summed E-state index contributed by atoms with van der Waals surface area (Å²) >= 11 is 10.4. The first-order valence-corrected chi connectivity index (χ1v) is 6.07. The lowest BCUT2D eigenvalue weighted by Gasteiger charge is -2.04. The third-order valence-electron chi connectivity index (χ3n) is 1.68. The topological polar surface area (TPSA) is 50.7 Å². The number of nitrogens with zero attached hydrogens (tertiary/aromatic N) is 3. The van der Waals surface area contributed by atoms with Gasteiger partial charge in [-0.25, -0.2) is 4.98 Å². The molecule has 0 spiro atoms. The molecule has 0 saturated carbocycles. The molecule has 2 rings (SSSR count). The van der Waals surface area contributed by atoms with Crippen molar-refractivity contribution in [3.8, 4) is 0 Å². The zero-order valence-electron chi connectivity index (χ0n) is 7.44. The van der Waals surface area contributed by atoms with E-state index in [9.17, 15) is 0 Å². The molecule has 0 radical (unpaired) electrons. The highest BCUT2D eigenvalue weighted by atomic mass is 79.9. The van der Waals surface area contributed by atoms with Crippen LogP contribution in [0.25, 0.3) is 0 Å². The first-order valence-electron chi connectivity index (χ1n) is 4.06. The van der Waals surface area contributed by atoms with Gasteiger partial charge in [-0.2, -0.15) is 0 Å². The summed E-state index contributed by atoms with van der Waals surface area (Å²) in [6.45, 7) is 0.631. The van der Waals surface area contributed by atoms with Crippen molar-refractivity contribution in [3.05, 3.63) is 33.0 Å². The summed E-state index contributed by atoms with van der Waals surface area (Å²) in [7, 11) is 0. The molecule has 0 aliphatic heterocycles. The summed E-state index contributed by atoms with van der Waals surface area (Å²) in [4.78, 5) is 4.00. The lowest BCUT2D eigenvalue weighted by Crippen LogP contribution is -2.00. The van der Waals surface area contributed by atoms with E-state index in [1.807, 2.05) is 11.4 Å². The number of anilines is 1. The van der Waals surface area contributed by atoms with Gasteiger partial charge in [0.25, 0.3) is 0 Å². The van der Waals surface area contributed by atoms with Crippen LogP contribution in [-0.4, -0.2) is 14.6 Å². The molecule has 0 saturated heterocycles. The molecule has 1 N–H and O–H groups in total. The Balaban J connectivity index is 2.02. The van der Waals surface area contributed by atoms with Crippen LogP contribution in [0.15, 0.2) is 22.1 Å². The van der Waals surface area contributed by atoms with Crippen molar-refractivity contribution in [2.75, 3.05) is 5.32 Å². The molecular formula is C8H6BrClN4S. The van der Waals surface area contributed by atoms with Gasteiger partial charge in [0, 0.05) is 5.38 Å². The number of rotatable bonds is 3. The molecule has 0 aliphatic carbocycles. The smallest absolute Gasteiger partial charge is 0.143 e. The Hall–Kier alpha value is -0.720.